The van der Waals surface area contributed by atoms with E-state index in [9.17, 15) is 0 Å². The fourth-order valence-electron chi connectivity index (χ4n) is 2.93. The zero-order chi connectivity index (χ0) is 15.8. The lowest BCUT2D eigenvalue weighted by Crippen LogP contribution is -2.44. The fourth-order valence-corrected chi connectivity index (χ4v) is 2.93. The molecular formula is C17H19N5O. The molecular weight excluding hydrogens is 290 g/mol. The zero-order valence-electron chi connectivity index (χ0n) is 13.0. The van der Waals surface area contributed by atoms with E-state index in [1.807, 2.05) is 47.1 Å². The number of nitrogens with zero attached hydrogens (tertiary/aromatic N) is 4. The lowest BCUT2D eigenvalue weighted by molar-refractivity contribution is 0.0986. The summed E-state index contributed by atoms with van der Waals surface area (Å²) in [7, 11) is 0. The van der Waals surface area contributed by atoms with E-state index in [0.717, 1.165) is 35.7 Å². The van der Waals surface area contributed by atoms with Crippen LogP contribution < -0.4 is 10.6 Å². The summed E-state index contributed by atoms with van der Waals surface area (Å²) < 4.78 is 7.43. The van der Waals surface area contributed by atoms with Gasteiger partial charge in [-0.05, 0) is 43.3 Å². The molecule has 1 saturated heterocycles. The van der Waals surface area contributed by atoms with Crippen LogP contribution in [0.4, 0.5) is 11.5 Å². The molecule has 0 unspecified atom stereocenters. The van der Waals surface area contributed by atoms with Crippen molar-refractivity contribution in [1.82, 2.24) is 14.6 Å². The summed E-state index contributed by atoms with van der Waals surface area (Å²) in [5.74, 6) is 1.65. The van der Waals surface area contributed by atoms with E-state index in [1.54, 1.807) is 0 Å². The van der Waals surface area contributed by atoms with Gasteiger partial charge in [0, 0.05) is 24.0 Å². The summed E-state index contributed by atoms with van der Waals surface area (Å²) in [6.07, 6.45) is 1.95. The highest BCUT2D eigenvalue weighted by atomic mass is 16.5. The first-order valence-electron chi connectivity index (χ1n) is 7.78. The van der Waals surface area contributed by atoms with Crippen LogP contribution in [0.1, 0.15) is 6.92 Å². The predicted molar refractivity (Wildman–Crippen MR) is 90.5 cm³/mol. The van der Waals surface area contributed by atoms with E-state index in [1.165, 1.54) is 0 Å². The summed E-state index contributed by atoms with van der Waals surface area (Å²) in [6.45, 7) is 4.43. The fraction of sp³-hybridized carbons (Fsp3) is 0.294. The molecule has 1 aromatic carbocycles. The second-order valence-corrected chi connectivity index (χ2v) is 5.84. The van der Waals surface area contributed by atoms with Crippen LogP contribution in [0.25, 0.3) is 16.9 Å². The number of nitrogen functional groups attached to an aromatic ring is 1. The Morgan fingerprint density at radius 3 is 2.83 bits per heavy atom. The van der Waals surface area contributed by atoms with Crippen LogP contribution in [0, 0.1) is 0 Å². The highest BCUT2D eigenvalue weighted by Gasteiger charge is 2.23. The maximum Gasteiger partial charge on any atom is 0.182 e. The second kappa shape index (κ2) is 5.55. The molecule has 1 aliphatic heterocycles. The van der Waals surface area contributed by atoms with Gasteiger partial charge in [-0.2, -0.15) is 0 Å². The lowest BCUT2D eigenvalue weighted by atomic mass is 10.2. The molecule has 1 fully saturated rings. The standard InChI is InChI=1S/C17H19N5O/c1-12-11-23-10-9-21(12)17-15-3-2-8-22(15)20-16(19-17)13-4-6-14(18)7-5-13/h2-8,12H,9-11,18H2,1H3/t12-/m1/s1. The Hall–Kier alpha value is -2.60. The molecule has 3 heterocycles. The molecule has 2 aromatic heterocycles. The van der Waals surface area contributed by atoms with Crippen molar-refractivity contribution in [2.24, 2.45) is 0 Å². The summed E-state index contributed by atoms with van der Waals surface area (Å²) in [4.78, 5) is 7.14. The quantitative estimate of drug-likeness (QED) is 0.735. The maximum atomic E-state index is 5.78. The van der Waals surface area contributed by atoms with Gasteiger partial charge in [0.05, 0.1) is 19.3 Å². The first-order valence-corrected chi connectivity index (χ1v) is 7.78. The zero-order valence-corrected chi connectivity index (χ0v) is 13.0. The molecule has 1 aliphatic rings. The summed E-state index contributed by atoms with van der Waals surface area (Å²) in [5, 5.41) is 4.62. The van der Waals surface area contributed by atoms with Crippen LogP contribution in [-0.4, -0.2) is 40.4 Å². The average molecular weight is 309 g/mol. The van der Waals surface area contributed by atoms with E-state index in [0.29, 0.717) is 12.4 Å². The molecule has 0 spiro atoms. The molecule has 6 nitrogen and oxygen atoms in total. The number of anilines is 2. The molecule has 0 saturated carbocycles. The monoisotopic (exact) mass is 309 g/mol. The van der Waals surface area contributed by atoms with Crippen molar-refractivity contribution < 1.29 is 4.74 Å². The number of aromatic nitrogens is 3. The third kappa shape index (κ3) is 2.51. The third-order valence-corrected chi connectivity index (χ3v) is 4.18. The molecule has 3 aromatic rings. The normalized spacial score (nSPS) is 18.5. The van der Waals surface area contributed by atoms with Crippen LogP contribution >= 0.6 is 0 Å². The Morgan fingerprint density at radius 2 is 2.04 bits per heavy atom. The maximum absolute atomic E-state index is 5.78. The minimum atomic E-state index is 0.289. The van der Waals surface area contributed by atoms with E-state index >= 15 is 0 Å². The van der Waals surface area contributed by atoms with Crippen molar-refractivity contribution in [1.29, 1.82) is 0 Å². The van der Waals surface area contributed by atoms with Gasteiger partial charge in [-0.3, -0.25) is 0 Å². The summed E-state index contributed by atoms with van der Waals surface area (Å²) in [5.41, 5.74) is 8.48. The molecule has 4 rings (SSSR count). The molecule has 0 aliphatic carbocycles. The highest BCUT2D eigenvalue weighted by Crippen LogP contribution is 2.26. The second-order valence-electron chi connectivity index (χ2n) is 5.84. The van der Waals surface area contributed by atoms with Crippen molar-refractivity contribution in [3.63, 3.8) is 0 Å². The topological polar surface area (TPSA) is 68.7 Å². The largest absolute Gasteiger partial charge is 0.399 e. The number of hydrogen-bond donors (Lipinski definition) is 1. The number of benzene rings is 1. The number of rotatable bonds is 2. The van der Waals surface area contributed by atoms with Gasteiger partial charge >= 0.3 is 0 Å². The van der Waals surface area contributed by atoms with Gasteiger partial charge in [0.15, 0.2) is 11.6 Å². The number of nitrogens with two attached hydrogens (primary N) is 1. The molecule has 1 atom stereocenters. The van der Waals surface area contributed by atoms with E-state index in [4.69, 9.17) is 15.5 Å². The van der Waals surface area contributed by atoms with Gasteiger partial charge in [0.25, 0.3) is 0 Å². The van der Waals surface area contributed by atoms with E-state index < -0.39 is 0 Å². The van der Waals surface area contributed by atoms with Gasteiger partial charge in [-0.1, -0.05) is 0 Å². The number of fused-ring (bicyclic) bond motifs is 1. The van der Waals surface area contributed by atoms with E-state index in [-0.39, 0.29) is 6.04 Å². The van der Waals surface area contributed by atoms with Gasteiger partial charge < -0.3 is 15.4 Å². The molecule has 6 heteroatoms. The Labute approximate surface area is 134 Å². The average Bonchev–Trinajstić information content (AvgIpc) is 3.04. The third-order valence-electron chi connectivity index (χ3n) is 4.18. The van der Waals surface area contributed by atoms with Crippen molar-refractivity contribution in [3.05, 3.63) is 42.6 Å². The summed E-state index contributed by atoms with van der Waals surface area (Å²) in [6, 6.07) is 12.0. The first kappa shape index (κ1) is 14.0. The summed E-state index contributed by atoms with van der Waals surface area (Å²) >= 11 is 0. The Balaban J connectivity index is 1.85. The molecule has 23 heavy (non-hydrogen) atoms. The smallest absolute Gasteiger partial charge is 0.182 e. The van der Waals surface area contributed by atoms with Gasteiger partial charge in [-0.25, -0.2) is 9.50 Å². The van der Waals surface area contributed by atoms with Crippen LogP contribution in [0.3, 0.4) is 0 Å². The predicted octanol–water partition coefficient (Wildman–Crippen LogP) is 2.20. The minimum absolute atomic E-state index is 0.289. The van der Waals surface area contributed by atoms with Crippen LogP contribution in [-0.2, 0) is 4.74 Å². The Kier molecular flexibility index (Phi) is 3.38. The Morgan fingerprint density at radius 1 is 1.22 bits per heavy atom. The van der Waals surface area contributed by atoms with Gasteiger partial charge in [0.2, 0.25) is 0 Å². The molecule has 0 bridgehead atoms. The molecule has 0 amide bonds. The van der Waals surface area contributed by atoms with Crippen molar-refractivity contribution >= 4 is 17.0 Å². The number of hydrogen-bond acceptors (Lipinski definition) is 5. The van der Waals surface area contributed by atoms with Gasteiger partial charge in [0.1, 0.15) is 5.52 Å². The number of morpholine rings is 1. The first-order chi connectivity index (χ1) is 11.2. The highest BCUT2D eigenvalue weighted by molar-refractivity contribution is 5.72. The van der Waals surface area contributed by atoms with E-state index in [2.05, 4.69) is 16.9 Å². The van der Waals surface area contributed by atoms with Crippen molar-refractivity contribution in [2.45, 2.75) is 13.0 Å². The van der Waals surface area contributed by atoms with Crippen LogP contribution in [0.15, 0.2) is 42.6 Å². The SMILES string of the molecule is C[C@@H]1COCCN1c1nc(-c2ccc(N)cc2)nn2cccc12. The van der Waals surface area contributed by atoms with Crippen LogP contribution in [0.2, 0.25) is 0 Å². The van der Waals surface area contributed by atoms with Crippen molar-refractivity contribution in [2.75, 3.05) is 30.4 Å². The minimum Gasteiger partial charge on any atom is -0.399 e. The molecule has 0 radical (unpaired) electrons. The number of ether oxygens (including phenoxy) is 1. The Bertz CT molecular complexity index is 827. The van der Waals surface area contributed by atoms with Gasteiger partial charge in [-0.15, -0.1) is 5.10 Å². The van der Waals surface area contributed by atoms with Crippen molar-refractivity contribution in [3.8, 4) is 11.4 Å². The molecule has 2 N–H and O–H groups in total. The lowest BCUT2D eigenvalue weighted by Gasteiger charge is -2.34. The molecule has 118 valence electrons. The van der Waals surface area contributed by atoms with Crippen LogP contribution in [0.5, 0.6) is 0 Å².